The summed E-state index contributed by atoms with van der Waals surface area (Å²) in [6.45, 7) is 0. The quantitative estimate of drug-likeness (QED) is 0.640. The van der Waals surface area contributed by atoms with Gasteiger partial charge in [-0.25, -0.2) is 0 Å². The van der Waals surface area contributed by atoms with Gasteiger partial charge < -0.3 is 10.8 Å². The number of phenols is 1. The van der Waals surface area contributed by atoms with Crippen LogP contribution in [0.1, 0.15) is 5.56 Å². The molecule has 1 rings (SSSR count). The predicted molar refractivity (Wildman–Crippen MR) is 59.1 cm³/mol. The number of carbonyl (C=O) groups excluding carboxylic acids is 1. The summed E-state index contributed by atoms with van der Waals surface area (Å²) >= 11 is 2.12. The minimum absolute atomic E-state index is 0.137. The van der Waals surface area contributed by atoms with Gasteiger partial charge in [-0.1, -0.05) is 0 Å². The minimum Gasteiger partial charge on any atom is -0.507 e. The van der Waals surface area contributed by atoms with E-state index in [0.717, 1.165) is 3.57 Å². The lowest BCUT2D eigenvalue weighted by atomic mass is 10.2. The SMILES string of the molecule is NC(=O)/C=C/c1cc(I)ccc1O. The first-order valence-corrected chi connectivity index (χ1v) is 4.63. The van der Waals surface area contributed by atoms with Gasteiger partial charge in [0.15, 0.2) is 0 Å². The molecule has 1 aromatic carbocycles. The maximum Gasteiger partial charge on any atom is 0.241 e. The zero-order chi connectivity index (χ0) is 9.84. The number of aromatic hydroxyl groups is 1. The summed E-state index contributed by atoms with van der Waals surface area (Å²) < 4.78 is 0.986. The van der Waals surface area contributed by atoms with E-state index < -0.39 is 5.91 Å². The smallest absolute Gasteiger partial charge is 0.241 e. The highest BCUT2D eigenvalue weighted by molar-refractivity contribution is 14.1. The van der Waals surface area contributed by atoms with Crippen LogP contribution >= 0.6 is 22.6 Å². The lowest BCUT2D eigenvalue weighted by molar-refractivity contribution is -0.113. The third-order valence-electron chi connectivity index (χ3n) is 1.42. The van der Waals surface area contributed by atoms with Crippen LogP contribution in [0.3, 0.4) is 0 Å². The molecule has 0 aliphatic rings. The van der Waals surface area contributed by atoms with E-state index in [4.69, 9.17) is 5.73 Å². The van der Waals surface area contributed by atoms with Crippen LogP contribution in [0.2, 0.25) is 0 Å². The second-order valence-corrected chi connectivity index (χ2v) is 3.68. The molecule has 0 spiro atoms. The van der Waals surface area contributed by atoms with Crippen molar-refractivity contribution in [1.29, 1.82) is 0 Å². The molecule has 0 atom stereocenters. The van der Waals surface area contributed by atoms with Crippen molar-refractivity contribution in [3.63, 3.8) is 0 Å². The predicted octanol–water partition coefficient (Wildman–Crippen LogP) is 1.50. The Balaban J connectivity index is 3.00. The van der Waals surface area contributed by atoms with Gasteiger partial charge in [-0.15, -0.1) is 0 Å². The van der Waals surface area contributed by atoms with Crippen molar-refractivity contribution in [2.45, 2.75) is 0 Å². The Morgan fingerprint density at radius 1 is 1.54 bits per heavy atom. The minimum atomic E-state index is -0.529. The molecule has 0 aromatic heterocycles. The third-order valence-corrected chi connectivity index (χ3v) is 2.09. The van der Waals surface area contributed by atoms with Crippen LogP contribution in [0.15, 0.2) is 24.3 Å². The third kappa shape index (κ3) is 3.06. The van der Waals surface area contributed by atoms with Crippen LogP contribution in [0.25, 0.3) is 6.08 Å². The van der Waals surface area contributed by atoms with Gasteiger partial charge in [0.2, 0.25) is 5.91 Å². The maximum absolute atomic E-state index is 10.4. The average molecular weight is 289 g/mol. The molecular weight excluding hydrogens is 281 g/mol. The van der Waals surface area contributed by atoms with E-state index in [1.165, 1.54) is 12.2 Å². The van der Waals surface area contributed by atoms with Crippen LogP contribution < -0.4 is 5.73 Å². The number of halogens is 1. The number of hydrogen-bond donors (Lipinski definition) is 2. The molecule has 1 amide bonds. The molecule has 3 nitrogen and oxygen atoms in total. The van der Waals surface area contributed by atoms with Crippen LogP contribution in [0, 0.1) is 3.57 Å². The highest BCUT2D eigenvalue weighted by Crippen LogP contribution is 2.20. The van der Waals surface area contributed by atoms with E-state index >= 15 is 0 Å². The Morgan fingerprint density at radius 3 is 2.85 bits per heavy atom. The molecule has 0 saturated heterocycles. The molecule has 0 saturated carbocycles. The number of benzene rings is 1. The van der Waals surface area contributed by atoms with Gasteiger partial charge in [0, 0.05) is 15.2 Å². The number of phenolic OH excluding ortho intramolecular Hbond substituents is 1. The molecule has 0 aliphatic heterocycles. The van der Waals surface area contributed by atoms with Gasteiger partial charge in [0.25, 0.3) is 0 Å². The van der Waals surface area contributed by atoms with Crippen molar-refractivity contribution in [2.75, 3.05) is 0 Å². The zero-order valence-electron chi connectivity index (χ0n) is 6.70. The van der Waals surface area contributed by atoms with Crippen molar-refractivity contribution in [1.82, 2.24) is 0 Å². The molecule has 0 heterocycles. The molecule has 13 heavy (non-hydrogen) atoms. The van der Waals surface area contributed by atoms with Crippen molar-refractivity contribution in [3.8, 4) is 5.75 Å². The van der Waals surface area contributed by atoms with Crippen molar-refractivity contribution in [2.24, 2.45) is 5.73 Å². The summed E-state index contributed by atoms with van der Waals surface area (Å²) in [6.07, 6.45) is 2.70. The molecule has 0 bridgehead atoms. The highest BCUT2D eigenvalue weighted by Gasteiger charge is 1.97. The fraction of sp³-hybridized carbons (Fsp3) is 0. The molecule has 0 fully saturated rings. The topological polar surface area (TPSA) is 63.3 Å². The summed E-state index contributed by atoms with van der Waals surface area (Å²) in [4.78, 5) is 10.4. The summed E-state index contributed by atoms with van der Waals surface area (Å²) in [5.41, 5.74) is 5.51. The summed E-state index contributed by atoms with van der Waals surface area (Å²) in [5.74, 6) is -0.392. The number of amides is 1. The highest BCUT2D eigenvalue weighted by atomic mass is 127. The molecule has 0 unspecified atom stereocenters. The number of carbonyl (C=O) groups is 1. The molecule has 0 radical (unpaired) electrons. The Kier molecular flexibility index (Phi) is 3.30. The largest absolute Gasteiger partial charge is 0.507 e. The fourth-order valence-electron chi connectivity index (χ4n) is 0.831. The summed E-state index contributed by atoms with van der Waals surface area (Å²) in [6, 6.07) is 5.11. The molecule has 0 aliphatic carbocycles. The standard InChI is InChI=1S/C9H8INO2/c10-7-2-3-8(12)6(5-7)1-4-9(11)13/h1-5,12H,(H2,11,13)/b4-1+. The second kappa shape index (κ2) is 4.27. The van der Waals surface area contributed by atoms with E-state index in [1.54, 1.807) is 18.2 Å². The van der Waals surface area contributed by atoms with Crippen LogP contribution in [0.5, 0.6) is 5.75 Å². The zero-order valence-corrected chi connectivity index (χ0v) is 8.86. The van der Waals surface area contributed by atoms with Gasteiger partial charge in [0.1, 0.15) is 5.75 Å². The van der Waals surface area contributed by atoms with Crippen molar-refractivity contribution < 1.29 is 9.90 Å². The summed E-state index contributed by atoms with van der Waals surface area (Å²) in [5, 5.41) is 9.34. The second-order valence-electron chi connectivity index (χ2n) is 2.44. The monoisotopic (exact) mass is 289 g/mol. The van der Waals surface area contributed by atoms with Crippen LogP contribution in [0.4, 0.5) is 0 Å². The molecule has 1 aromatic rings. The van der Waals surface area contributed by atoms with Gasteiger partial charge in [0.05, 0.1) is 0 Å². The van der Waals surface area contributed by atoms with Crippen molar-refractivity contribution in [3.05, 3.63) is 33.4 Å². The Bertz CT molecular complexity index is 361. The Morgan fingerprint density at radius 2 is 2.23 bits per heavy atom. The van der Waals surface area contributed by atoms with Gasteiger partial charge in [-0.05, 0) is 46.9 Å². The summed E-state index contributed by atoms with van der Waals surface area (Å²) in [7, 11) is 0. The van der Waals surface area contributed by atoms with Gasteiger partial charge >= 0.3 is 0 Å². The fourth-order valence-corrected chi connectivity index (χ4v) is 1.35. The normalized spacial score (nSPS) is 10.5. The molecule has 4 heteroatoms. The molecular formula is C9H8INO2. The van der Waals surface area contributed by atoms with Crippen molar-refractivity contribution >= 4 is 34.6 Å². The molecule has 3 N–H and O–H groups in total. The van der Waals surface area contributed by atoms with E-state index in [2.05, 4.69) is 22.6 Å². The average Bonchev–Trinajstić information content (AvgIpc) is 2.06. The Hall–Kier alpha value is -1.04. The van der Waals surface area contributed by atoms with Gasteiger partial charge in [-0.3, -0.25) is 4.79 Å². The first kappa shape index (κ1) is 10.0. The van der Waals surface area contributed by atoms with E-state index in [-0.39, 0.29) is 5.75 Å². The lowest BCUT2D eigenvalue weighted by Crippen LogP contribution is -2.05. The number of rotatable bonds is 2. The number of primary amides is 1. The first-order valence-electron chi connectivity index (χ1n) is 3.55. The lowest BCUT2D eigenvalue weighted by Gasteiger charge is -1.98. The van der Waals surface area contributed by atoms with Crippen LogP contribution in [-0.2, 0) is 4.79 Å². The van der Waals surface area contributed by atoms with E-state index in [0.29, 0.717) is 5.56 Å². The Labute approximate surface area is 89.4 Å². The number of nitrogens with two attached hydrogens (primary N) is 1. The molecule has 68 valence electrons. The first-order chi connectivity index (χ1) is 6.09. The van der Waals surface area contributed by atoms with E-state index in [9.17, 15) is 9.90 Å². The van der Waals surface area contributed by atoms with Gasteiger partial charge in [-0.2, -0.15) is 0 Å². The van der Waals surface area contributed by atoms with Crippen LogP contribution in [-0.4, -0.2) is 11.0 Å². The maximum atomic E-state index is 10.4. The number of hydrogen-bond acceptors (Lipinski definition) is 2. The van der Waals surface area contributed by atoms with E-state index in [1.807, 2.05) is 0 Å².